The van der Waals surface area contributed by atoms with Crippen molar-refractivity contribution in [3.63, 3.8) is 0 Å². The molecular formula is C13H10F3O3-. The van der Waals surface area contributed by atoms with Gasteiger partial charge in [0.05, 0.1) is 5.97 Å². The lowest BCUT2D eigenvalue weighted by molar-refractivity contribution is -0.302. The molecule has 2 rings (SSSR count). The van der Waals surface area contributed by atoms with Gasteiger partial charge in [-0.1, -0.05) is 11.6 Å². The van der Waals surface area contributed by atoms with Crippen molar-refractivity contribution < 1.29 is 27.8 Å². The highest BCUT2D eigenvalue weighted by atomic mass is 19.4. The molecule has 1 atom stereocenters. The number of halogens is 3. The largest absolute Gasteiger partial charge is 0.545 e. The molecule has 0 fully saturated rings. The highest BCUT2D eigenvalue weighted by Gasteiger charge is 2.46. The molecule has 0 saturated heterocycles. The van der Waals surface area contributed by atoms with Gasteiger partial charge in [-0.3, -0.25) is 0 Å². The van der Waals surface area contributed by atoms with Crippen LogP contribution >= 0.6 is 0 Å². The number of aryl methyl sites for hydroxylation is 2. The third-order valence-electron chi connectivity index (χ3n) is 2.81. The van der Waals surface area contributed by atoms with E-state index in [1.807, 2.05) is 0 Å². The highest BCUT2D eigenvalue weighted by molar-refractivity contribution is 5.93. The number of carbonyl (C=O) groups is 1. The molecule has 0 unspecified atom stereocenters. The van der Waals surface area contributed by atoms with E-state index in [2.05, 4.69) is 0 Å². The van der Waals surface area contributed by atoms with Crippen molar-refractivity contribution in [1.82, 2.24) is 0 Å². The zero-order valence-corrected chi connectivity index (χ0v) is 10.2. The summed E-state index contributed by atoms with van der Waals surface area (Å²) >= 11 is 0. The monoisotopic (exact) mass is 271 g/mol. The van der Waals surface area contributed by atoms with Gasteiger partial charge in [0.2, 0.25) is 6.10 Å². The molecule has 102 valence electrons. The van der Waals surface area contributed by atoms with E-state index in [0.29, 0.717) is 11.1 Å². The molecular weight excluding hydrogens is 261 g/mol. The number of carbonyl (C=O) groups excluding carboxylic acids is 1. The maximum atomic E-state index is 12.8. The van der Waals surface area contributed by atoms with Gasteiger partial charge < -0.3 is 14.6 Å². The first kappa shape index (κ1) is 13.5. The summed E-state index contributed by atoms with van der Waals surface area (Å²) in [5.41, 5.74) is 0.736. The molecule has 0 spiro atoms. The van der Waals surface area contributed by atoms with Gasteiger partial charge >= 0.3 is 6.18 Å². The van der Waals surface area contributed by atoms with Crippen molar-refractivity contribution >= 4 is 12.0 Å². The lowest BCUT2D eigenvalue weighted by atomic mass is 9.97. The average Bonchev–Trinajstić information content (AvgIpc) is 2.25. The van der Waals surface area contributed by atoms with Gasteiger partial charge in [0.25, 0.3) is 0 Å². The van der Waals surface area contributed by atoms with E-state index in [1.54, 1.807) is 26.0 Å². The van der Waals surface area contributed by atoms with Crippen LogP contribution < -0.4 is 9.84 Å². The molecule has 1 aliphatic heterocycles. The summed E-state index contributed by atoms with van der Waals surface area (Å²) < 4.78 is 43.2. The van der Waals surface area contributed by atoms with Gasteiger partial charge in [-0.05, 0) is 31.6 Å². The molecule has 0 bridgehead atoms. The van der Waals surface area contributed by atoms with E-state index >= 15 is 0 Å². The Morgan fingerprint density at radius 1 is 1.32 bits per heavy atom. The minimum absolute atomic E-state index is 0.0536. The molecule has 1 aromatic rings. The highest BCUT2D eigenvalue weighted by Crippen LogP contribution is 2.39. The fourth-order valence-electron chi connectivity index (χ4n) is 2.09. The van der Waals surface area contributed by atoms with E-state index in [0.717, 1.165) is 11.6 Å². The lowest BCUT2D eigenvalue weighted by Gasteiger charge is -2.30. The number of benzene rings is 1. The van der Waals surface area contributed by atoms with Crippen molar-refractivity contribution in [1.29, 1.82) is 0 Å². The number of alkyl halides is 3. The molecule has 1 aliphatic rings. The Morgan fingerprint density at radius 2 is 1.95 bits per heavy atom. The summed E-state index contributed by atoms with van der Waals surface area (Å²) in [6.07, 6.45) is -6.33. The topological polar surface area (TPSA) is 49.4 Å². The number of carboxylic acid groups (broad SMARTS) is 1. The second-order valence-corrected chi connectivity index (χ2v) is 4.43. The predicted octanol–water partition coefficient (Wildman–Crippen LogP) is 1.76. The second kappa shape index (κ2) is 4.29. The Labute approximate surface area is 107 Å². The summed E-state index contributed by atoms with van der Waals surface area (Å²) in [4.78, 5) is 10.8. The first-order chi connectivity index (χ1) is 8.70. The first-order valence-electron chi connectivity index (χ1n) is 5.47. The van der Waals surface area contributed by atoms with Crippen LogP contribution in [0.4, 0.5) is 13.2 Å². The molecule has 0 aromatic heterocycles. The standard InChI is InChI=1S/C13H11F3O3/c1-6-3-7(2)10-8(4-6)5-9(12(17)18)11(19-10)13(14,15)16/h3-5,11H,1-2H3,(H,17,18)/p-1/t11-/m0/s1. The summed E-state index contributed by atoms with van der Waals surface area (Å²) in [7, 11) is 0. The quantitative estimate of drug-likeness (QED) is 0.782. The van der Waals surface area contributed by atoms with Gasteiger partial charge in [-0.2, -0.15) is 13.2 Å². The van der Waals surface area contributed by atoms with Crippen LogP contribution in [0.5, 0.6) is 5.75 Å². The second-order valence-electron chi connectivity index (χ2n) is 4.43. The molecule has 0 aliphatic carbocycles. The molecule has 6 heteroatoms. The Bertz CT molecular complexity index is 573. The van der Waals surface area contributed by atoms with Crippen LogP contribution in [0, 0.1) is 13.8 Å². The van der Waals surface area contributed by atoms with Crippen molar-refractivity contribution in [2.24, 2.45) is 0 Å². The predicted molar refractivity (Wildman–Crippen MR) is 59.4 cm³/mol. The molecule has 0 saturated carbocycles. The van der Waals surface area contributed by atoms with E-state index in [9.17, 15) is 23.1 Å². The first-order valence-corrected chi connectivity index (χ1v) is 5.47. The number of ether oxygens (including phenoxy) is 1. The maximum Gasteiger partial charge on any atom is 0.429 e. The Morgan fingerprint density at radius 3 is 2.47 bits per heavy atom. The maximum absolute atomic E-state index is 12.8. The van der Waals surface area contributed by atoms with E-state index in [1.165, 1.54) is 0 Å². The molecule has 1 heterocycles. The third kappa shape index (κ3) is 2.43. The van der Waals surface area contributed by atoms with Gasteiger partial charge in [0.15, 0.2) is 0 Å². The van der Waals surface area contributed by atoms with Crippen molar-refractivity contribution in [3.05, 3.63) is 34.4 Å². The normalized spacial score (nSPS) is 18.4. The van der Waals surface area contributed by atoms with Crippen LogP contribution in [-0.2, 0) is 4.79 Å². The zero-order chi connectivity index (χ0) is 14.4. The van der Waals surface area contributed by atoms with Crippen LogP contribution in [0.3, 0.4) is 0 Å². The summed E-state index contributed by atoms with van der Waals surface area (Å²) in [6.45, 7) is 3.37. The SMILES string of the molecule is Cc1cc(C)c2c(c1)C=C(C(=O)[O-])[C@@H](C(F)(F)F)O2. The smallest absolute Gasteiger partial charge is 0.429 e. The number of hydrogen-bond donors (Lipinski definition) is 0. The van der Waals surface area contributed by atoms with E-state index in [-0.39, 0.29) is 5.75 Å². The van der Waals surface area contributed by atoms with E-state index in [4.69, 9.17) is 4.74 Å². The number of hydrogen-bond acceptors (Lipinski definition) is 3. The number of carboxylic acids is 1. The van der Waals surface area contributed by atoms with Gasteiger partial charge in [0.1, 0.15) is 5.75 Å². The molecule has 1 aromatic carbocycles. The minimum Gasteiger partial charge on any atom is -0.545 e. The lowest BCUT2D eigenvalue weighted by Crippen LogP contribution is -2.44. The molecule has 0 amide bonds. The summed E-state index contributed by atoms with van der Waals surface area (Å²) in [6, 6.07) is 3.24. The summed E-state index contributed by atoms with van der Waals surface area (Å²) in [5.74, 6) is -1.83. The molecule has 19 heavy (non-hydrogen) atoms. The van der Waals surface area contributed by atoms with Gasteiger partial charge in [-0.15, -0.1) is 0 Å². The zero-order valence-electron chi connectivity index (χ0n) is 10.2. The fraction of sp³-hybridized carbons (Fsp3) is 0.308. The van der Waals surface area contributed by atoms with Gasteiger partial charge in [0, 0.05) is 11.1 Å². The summed E-state index contributed by atoms with van der Waals surface area (Å²) in [5, 5.41) is 10.8. The number of rotatable bonds is 1. The fourth-order valence-corrected chi connectivity index (χ4v) is 2.09. The average molecular weight is 271 g/mol. The van der Waals surface area contributed by atoms with Crippen molar-refractivity contribution in [2.75, 3.05) is 0 Å². The Hall–Kier alpha value is -1.98. The molecule has 3 nitrogen and oxygen atoms in total. The van der Waals surface area contributed by atoms with Crippen molar-refractivity contribution in [2.45, 2.75) is 26.1 Å². The molecule has 0 radical (unpaired) electrons. The third-order valence-corrected chi connectivity index (χ3v) is 2.81. The van der Waals surface area contributed by atoms with Crippen LogP contribution in [-0.4, -0.2) is 18.2 Å². The minimum atomic E-state index is -4.80. The van der Waals surface area contributed by atoms with Crippen molar-refractivity contribution in [3.8, 4) is 5.75 Å². The van der Waals surface area contributed by atoms with Crippen LogP contribution in [0.15, 0.2) is 17.7 Å². The number of fused-ring (bicyclic) bond motifs is 1. The van der Waals surface area contributed by atoms with Crippen LogP contribution in [0.2, 0.25) is 0 Å². The van der Waals surface area contributed by atoms with Gasteiger partial charge in [-0.25, -0.2) is 0 Å². The Kier molecular flexibility index (Phi) is 3.04. The van der Waals surface area contributed by atoms with E-state index < -0.39 is 23.8 Å². The number of aliphatic carboxylic acids is 1. The van der Waals surface area contributed by atoms with Crippen LogP contribution in [0.25, 0.3) is 6.08 Å². The molecule has 0 N–H and O–H groups in total. The Balaban J connectivity index is 2.61. The van der Waals surface area contributed by atoms with Crippen LogP contribution in [0.1, 0.15) is 16.7 Å².